The highest BCUT2D eigenvalue weighted by Gasteiger charge is 2.80. The molecule has 0 aromatic rings. The molecule has 6 unspecified atom stereocenters. The summed E-state index contributed by atoms with van der Waals surface area (Å²) < 4.78 is 20.3. The van der Waals surface area contributed by atoms with Gasteiger partial charge in [-0.2, -0.15) is 0 Å². The molecule has 6 aliphatic rings. The van der Waals surface area contributed by atoms with Crippen molar-refractivity contribution in [1.29, 1.82) is 0 Å². The second-order valence-electron chi connectivity index (χ2n) is 15.9. The Morgan fingerprint density at radius 1 is 0.703 bits per heavy atom. The molecule has 12 atom stereocenters. The predicted octanol–water partition coefficient (Wildman–Crippen LogP) is 6.03. The Hall–Kier alpha value is -0.200. The van der Waals surface area contributed by atoms with E-state index in [1.165, 1.54) is 0 Å². The van der Waals surface area contributed by atoms with Crippen molar-refractivity contribution in [3.8, 4) is 0 Å². The van der Waals surface area contributed by atoms with Crippen molar-refractivity contribution in [2.45, 2.75) is 167 Å². The Balaban J connectivity index is 1.48. The highest BCUT2D eigenvalue weighted by molar-refractivity contribution is 5.29. The predicted molar refractivity (Wildman–Crippen MR) is 144 cm³/mol. The molecule has 2 saturated heterocycles. The second-order valence-corrected chi connectivity index (χ2v) is 15.9. The lowest BCUT2D eigenvalue weighted by Crippen LogP contribution is -2.67. The average Bonchev–Trinajstić information content (AvgIpc) is 3.61. The van der Waals surface area contributed by atoms with E-state index in [2.05, 4.69) is 69.2 Å². The summed E-state index contributed by atoms with van der Waals surface area (Å²) in [4.78, 5) is 0. The van der Waals surface area contributed by atoms with Gasteiger partial charge in [-0.05, 0) is 87.9 Å². The first kappa shape index (κ1) is 27.0. The number of epoxide rings is 2. The summed E-state index contributed by atoms with van der Waals surface area (Å²) in [5, 5.41) is 25.9. The Kier molecular flexibility index (Phi) is 5.36. The minimum absolute atomic E-state index is 0.0228. The first-order valence-electron chi connectivity index (χ1n) is 15.4. The summed E-state index contributed by atoms with van der Waals surface area (Å²) in [6.45, 7) is 22.6. The Morgan fingerprint density at radius 3 is 1.22 bits per heavy atom. The summed E-state index contributed by atoms with van der Waals surface area (Å²) in [5.74, 6) is 0.932. The van der Waals surface area contributed by atoms with Gasteiger partial charge < -0.3 is 24.4 Å². The molecule has 2 heterocycles. The molecular formula is C32H54O5. The van der Waals surface area contributed by atoms with Crippen molar-refractivity contribution >= 4 is 0 Å². The summed E-state index contributed by atoms with van der Waals surface area (Å²) in [7, 11) is 0. The van der Waals surface area contributed by atoms with Gasteiger partial charge in [0, 0.05) is 10.8 Å². The molecule has 0 aromatic carbocycles. The van der Waals surface area contributed by atoms with Crippen LogP contribution in [-0.2, 0) is 14.2 Å². The molecule has 6 rings (SSSR count). The molecule has 5 nitrogen and oxygen atoms in total. The number of rotatable bonds is 8. The number of fused-ring (bicyclic) bond motifs is 4. The number of ether oxygens (including phenoxy) is 3. The van der Waals surface area contributed by atoms with Crippen LogP contribution in [0.2, 0.25) is 0 Å². The summed E-state index contributed by atoms with van der Waals surface area (Å²) in [6.07, 6.45) is 6.42. The molecule has 0 radical (unpaired) electrons. The van der Waals surface area contributed by atoms with Crippen LogP contribution >= 0.6 is 0 Å². The van der Waals surface area contributed by atoms with Crippen molar-refractivity contribution < 1.29 is 24.4 Å². The van der Waals surface area contributed by atoms with Crippen LogP contribution in [0, 0.1) is 33.5 Å². The quantitative estimate of drug-likeness (QED) is 0.384. The summed E-state index contributed by atoms with van der Waals surface area (Å²) in [6, 6.07) is 0. The molecule has 212 valence electrons. The molecule has 2 N–H and O–H groups in total. The van der Waals surface area contributed by atoms with Gasteiger partial charge in [0.15, 0.2) is 0 Å². The summed E-state index contributed by atoms with van der Waals surface area (Å²) >= 11 is 0. The van der Waals surface area contributed by atoms with Gasteiger partial charge in [-0.1, -0.05) is 55.4 Å². The van der Waals surface area contributed by atoms with E-state index in [-0.39, 0.29) is 33.9 Å². The van der Waals surface area contributed by atoms with Crippen molar-refractivity contribution in [3.63, 3.8) is 0 Å². The zero-order chi connectivity index (χ0) is 27.2. The van der Waals surface area contributed by atoms with Gasteiger partial charge in [0.1, 0.15) is 23.4 Å². The maximum absolute atomic E-state index is 12.9. The number of hydrogen-bond acceptors (Lipinski definition) is 5. The van der Waals surface area contributed by atoms with Crippen LogP contribution < -0.4 is 0 Å². The smallest absolute Gasteiger partial charge is 0.123 e. The van der Waals surface area contributed by atoms with Crippen LogP contribution in [0.4, 0.5) is 0 Å². The van der Waals surface area contributed by atoms with E-state index in [9.17, 15) is 10.2 Å². The van der Waals surface area contributed by atoms with Gasteiger partial charge in [-0.15, -0.1) is 0 Å². The van der Waals surface area contributed by atoms with Gasteiger partial charge in [0.2, 0.25) is 0 Å². The number of aliphatic hydroxyl groups is 2. The molecule has 2 aliphatic heterocycles. The van der Waals surface area contributed by atoms with Gasteiger partial charge >= 0.3 is 0 Å². The third kappa shape index (κ3) is 2.76. The van der Waals surface area contributed by atoms with E-state index in [1.54, 1.807) is 0 Å². The lowest BCUT2D eigenvalue weighted by Gasteiger charge is -2.55. The highest BCUT2D eigenvalue weighted by atomic mass is 16.7. The topological polar surface area (TPSA) is 74.8 Å². The van der Waals surface area contributed by atoms with Gasteiger partial charge in [0.05, 0.1) is 23.4 Å². The molecule has 0 amide bonds. The largest absolute Gasteiger partial charge is 0.386 e. The number of hydrogen-bond donors (Lipinski definition) is 2. The molecule has 0 spiro atoms. The Labute approximate surface area is 225 Å². The normalized spacial score (nSPS) is 58.1. The first-order valence-corrected chi connectivity index (χ1v) is 15.4. The van der Waals surface area contributed by atoms with E-state index in [0.717, 1.165) is 51.4 Å². The Bertz CT molecular complexity index is 894. The molecule has 4 aliphatic carbocycles. The lowest BCUT2D eigenvalue weighted by atomic mass is 9.59. The van der Waals surface area contributed by atoms with Gasteiger partial charge in [-0.3, -0.25) is 0 Å². The van der Waals surface area contributed by atoms with Crippen LogP contribution in [0.1, 0.15) is 121 Å². The first-order chi connectivity index (χ1) is 17.0. The molecule has 4 bridgehead atoms. The fraction of sp³-hybridized carbons (Fsp3) is 1.00. The lowest BCUT2D eigenvalue weighted by molar-refractivity contribution is -0.271. The molecular weight excluding hydrogens is 464 g/mol. The third-order valence-corrected chi connectivity index (χ3v) is 15.1. The van der Waals surface area contributed by atoms with Crippen LogP contribution in [-0.4, -0.2) is 57.0 Å². The van der Waals surface area contributed by atoms with E-state index in [0.29, 0.717) is 11.8 Å². The maximum atomic E-state index is 12.9. The molecule has 6 fully saturated rings. The fourth-order valence-electron chi connectivity index (χ4n) is 11.1. The van der Waals surface area contributed by atoms with Crippen LogP contribution in [0.5, 0.6) is 0 Å². The van der Waals surface area contributed by atoms with E-state index >= 15 is 0 Å². The highest BCUT2D eigenvalue weighted by Crippen LogP contribution is 2.75. The van der Waals surface area contributed by atoms with Gasteiger partial charge in [-0.25, -0.2) is 0 Å². The third-order valence-electron chi connectivity index (χ3n) is 15.1. The average molecular weight is 519 g/mol. The minimum atomic E-state index is -1.02. The SMILES string of the molecule is CCC1(C(OC(C2(CC)OC2C)[C@@]2(O)C[C@H]3CC[C@]2(C)C3(C)C)[C@@]2(O)C[C@H]3CC[C@]2(C)C3(C)C)OC1C. The van der Waals surface area contributed by atoms with Crippen LogP contribution in [0.3, 0.4) is 0 Å². The van der Waals surface area contributed by atoms with Crippen molar-refractivity contribution in [2.75, 3.05) is 0 Å². The monoisotopic (exact) mass is 518 g/mol. The zero-order valence-corrected chi connectivity index (χ0v) is 25.2. The van der Waals surface area contributed by atoms with Crippen molar-refractivity contribution in [2.24, 2.45) is 33.5 Å². The fourth-order valence-corrected chi connectivity index (χ4v) is 11.1. The minimum Gasteiger partial charge on any atom is -0.386 e. The van der Waals surface area contributed by atoms with Crippen molar-refractivity contribution in [1.82, 2.24) is 0 Å². The van der Waals surface area contributed by atoms with Crippen LogP contribution in [0.25, 0.3) is 0 Å². The zero-order valence-electron chi connectivity index (χ0n) is 25.2. The standard InChI is InChI=1S/C32H54O5/c1-11-29(19(3)36-29)23(31(33)17-21-13-15-27(31,9)25(21,5)6)35-24(30(12-2)20(4)37-30)32(34)18-22-14-16-28(32,10)26(22,7)8/h19-24,33-34H,11-18H2,1-10H3/t19?,20?,21-,22-,23?,24?,27-,28-,29?,30?,31+,32+/m1/s1. The van der Waals surface area contributed by atoms with E-state index in [1.807, 2.05) is 0 Å². The second kappa shape index (κ2) is 7.35. The molecule has 0 aromatic heterocycles. The molecule has 4 saturated carbocycles. The van der Waals surface area contributed by atoms with E-state index in [4.69, 9.17) is 14.2 Å². The molecule has 37 heavy (non-hydrogen) atoms. The molecule has 5 heteroatoms. The Morgan fingerprint density at radius 2 is 1.03 bits per heavy atom. The van der Waals surface area contributed by atoms with Crippen molar-refractivity contribution in [3.05, 3.63) is 0 Å². The summed E-state index contributed by atoms with van der Waals surface area (Å²) in [5.41, 5.74) is -3.61. The maximum Gasteiger partial charge on any atom is 0.123 e. The van der Waals surface area contributed by atoms with Crippen LogP contribution in [0.15, 0.2) is 0 Å². The van der Waals surface area contributed by atoms with E-state index < -0.39 is 34.6 Å². The van der Waals surface area contributed by atoms with Gasteiger partial charge in [0.25, 0.3) is 0 Å².